The molecule has 0 aliphatic rings. The number of hydrogen-bond acceptors (Lipinski definition) is 2. The molecule has 0 aliphatic heterocycles. The molecule has 0 atom stereocenters. The van der Waals surface area contributed by atoms with E-state index in [9.17, 15) is 97.0 Å². The van der Waals surface area contributed by atoms with Crippen molar-refractivity contribution in [2.75, 3.05) is 0 Å². The van der Waals surface area contributed by atoms with E-state index in [1.54, 1.807) is 0 Å². The Bertz CT molecular complexity index is 978. The zero-order valence-electron chi connectivity index (χ0n) is 19.0. The van der Waals surface area contributed by atoms with Gasteiger partial charge in [-0.3, -0.25) is 0 Å². The smallest absolute Gasteiger partial charge is 0.456 e. The summed E-state index contributed by atoms with van der Waals surface area (Å²) in [5.74, 6) is -71.8. The molecule has 0 aromatic rings. The molecule has 0 amide bonds. The Balaban J connectivity index is 6.98. The fraction of sp³-hybridized carbons (Fsp3) is 0.824. The molecule has 0 fully saturated rings. The van der Waals surface area contributed by atoms with Crippen LogP contribution >= 0.6 is 0 Å². The van der Waals surface area contributed by atoms with Crippen LogP contribution in [0.5, 0.6) is 0 Å². The molecule has 238 valence electrons. The standard InChI is InChI=1S/C17H11F21O2/c1-8(2,3)40-7(39)5(6(18)19)4-9(20,21)10(22,23)11(24,25)12(26,27)13(28,29)14(30,31)15(32,33)16(34,35)17(36,37)38/h4H2,1-3H3. The molecule has 0 aromatic heterocycles. The highest BCUT2D eigenvalue weighted by atomic mass is 19.4. The molecule has 23 heteroatoms. The van der Waals surface area contributed by atoms with Crippen LogP contribution in [-0.4, -0.2) is 65.1 Å². The molecule has 0 saturated carbocycles. The number of esters is 1. The molecule has 0 spiro atoms. The number of carbonyl (C=O) groups excluding carboxylic acids is 1. The van der Waals surface area contributed by atoms with Crippen molar-refractivity contribution in [3.8, 4) is 0 Å². The molecule has 0 radical (unpaired) electrons. The number of ether oxygens (including phenoxy) is 1. The van der Waals surface area contributed by atoms with Gasteiger partial charge in [0.2, 0.25) is 0 Å². The second-order valence-corrected chi connectivity index (χ2v) is 8.64. The minimum absolute atomic E-state index is 0.806. The second kappa shape index (κ2) is 9.93. The fourth-order valence-corrected chi connectivity index (χ4v) is 2.28. The van der Waals surface area contributed by atoms with E-state index in [-0.39, 0.29) is 0 Å². The van der Waals surface area contributed by atoms with Crippen molar-refractivity contribution in [1.82, 2.24) is 0 Å². The number of carbonyl (C=O) groups is 1. The minimum atomic E-state index is -9.14. The predicted octanol–water partition coefficient (Wildman–Crippen LogP) is 8.51. The highest BCUT2D eigenvalue weighted by molar-refractivity contribution is 5.89. The lowest BCUT2D eigenvalue weighted by Gasteiger charge is -2.43. The third-order valence-corrected chi connectivity index (χ3v) is 4.45. The normalized spacial score (nSPS) is 15.7. The van der Waals surface area contributed by atoms with Gasteiger partial charge in [0, 0.05) is 0 Å². The third-order valence-electron chi connectivity index (χ3n) is 4.45. The van der Waals surface area contributed by atoms with E-state index in [0.29, 0.717) is 0 Å². The van der Waals surface area contributed by atoms with Crippen molar-refractivity contribution < 1.29 is 102 Å². The molecular formula is C17H11F21O2. The van der Waals surface area contributed by atoms with Crippen molar-refractivity contribution in [3.63, 3.8) is 0 Å². The summed E-state index contributed by atoms with van der Waals surface area (Å²) in [5, 5.41) is 0. The van der Waals surface area contributed by atoms with Gasteiger partial charge in [0.05, 0.1) is 6.42 Å². The van der Waals surface area contributed by atoms with Crippen LogP contribution in [0, 0.1) is 0 Å². The molecule has 0 N–H and O–H groups in total. The lowest BCUT2D eigenvalue weighted by Crippen LogP contribution is -2.75. The molecule has 0 rings (SSSR count). The number of halogens is 21. The summed E-state index contributed by atoms with van der Waals surface area (Å²) in [7, 11) is 0. The van der Waals surface area contributed by atoms with Gasteiger partial charge in [-0.1, -0.05) is 0 Å². The van der Waals surface area contributed by atoms with Gasteiger partial charge in [-0.15, -0.1) is 0 Å². The van der Waals surface area contributed by atoms with Crippen molar-refractivity contribution in [2.24, 2.45) is 0 Å². The molecule has 0 aliphatic carbocycles. The maximum atomic E-state index is 13.9. The van der Waals surface area contributed by atoms with Gasteiger partial charge in [-0.05, 0) is 20.8 Å². The lowest BCUT2D eigenvalue weighted by atomic mass is 9.86. The summed E-state index contributed by atoms with van der Waals surface area (Å²) >= 11 is 0. The topological polar surface area (TPSA) is 26.3 Å². The monoisotopic (exact) mass is 646 g/mol. The van der Waals surface area contributed by atoms with E-state index < -0.39 is 83.2 Å². The first kappa shape index (κ1) is 37.7. The van der Waals surface area contributed by atoms with Crippen molar-refractivity contribution >= 4 is 5.97 Å². The molecule has 0 aromatic carbocycles. The van der Waals surface area contributed by atoms with Crippen molar-refractivity contribution in [3.05, 3.63) is 11.7 Å². The summed E-state index contributed by atoms with van der Waals surface area (Å²) in [6.45, 7) is 2.42. The average molecular weight is 646 g/mol. The van der Waals surface area contributed by atoms with E-state index in [4.69, 9.17) is 0 Å². The van der Waals surface area contributed by atoms with Crippen LogP contribution in [0.4, 0.5) is 92.2 Å². The van der Waals surface area contributed by atoms with Gasteiger partial charge in [0.25, 0.3) is 6.08 Å². The van der Waals surface area contributed by atoms with Gasteiger partial charge < -0.3 is 4.74 Å². The Morgan fingerprint density at radius 2 is 0.775 bits per heavy atom. The predicted molar refractivity (Wildman–Crippen MR) is 85.3 cm³/mol. The first-order valence-corrected chi connectivity index (χ1v) is 9.29. The molecule has 40 heavy (non-hydrogen) atoms. The lowest BCUT2D eigenvalue weighted by molar-refractivity contribution is -0.468. The Morgan fingerprint density at radius 3 is 1.02 bits per heavy atom. The number of rotatable bonds is 10. The van der Waals surface area contributed by atoms with Gasteiger partial charge in [-0.2, -0.15) is 92.2 Å². The van der Waals surface area contributed by atoms with Crippen LogP contribution in [-0.2, 0) is 9.53 Å². The second-order valence-electron chi connectivity index (χ2n) is 8.64. The van der Waals surface area contributed by atoms with Crippen LogP contribution in [0.25, 0.3) is 0 Å². The summed E-state index contributed by atoms with van der Waals surface area (Å²) in [6.07, 6.45) is -15.6. The first-order chi connectivity index (χ1) is 16.9. The zero-order chi connectivity index (χ0) is 33.1. The summed E-state index contributed by atoms with van der Waals surface area (Å²) in [5.41, 5.74) is -4.95. The van der Waals surface area contributed by atoms with Gasteiger partial charge in [0.1, 0.15) is 11.2 Å². The number of alkyl halides is 19. The maximum Gasteiger partial charge on any atom is 0.460 e. The number of hydrogen-bond donors (Lipinski definition) is 0. The minimum Gasteiger partial charge on any atom is -0.456 e. The van der Waals surface area contributed by atoms with E-state index in [0.717, 1.165) is 20.8 Å². The third kappa shape index (κ3) is 5.60. The van der Waals surface area contributed by atoms with E-state index >= 15 is 0 Å². The van der Waals surface area contributed by atoms with Crippen molar-refractivity contribution in [1.29, 1.82) is 0 Å². The Hall–Kier alpha value is -2.26. The molecule has 0 unspecified atom stereocenters. The first-order valence-electron chi connectivity index (χ1n) is 9.29. The Morgan fingerprint density at radius 1 is 0.500 bits per heavy atom. The molecule has 0 saturated heterocycles. The molecule has 2 nitrogen and oxygen atoms in total. The highest BCUT2D eigenvalue weighted by Gasteiger charge is 2.96. The van der Waals surface area contributed by atoms with Crippen LogP contribution in [0.2, 0.25) is 0 Å². The fourth-order valence-electron chi connectivity index (χ4n) is 2.28. The summed E-state index contributed by atoms with van der Waals surface area (Å²) in [6, 6.07) is 0. The van der Waals surface area contributed by atoms with Gasteiger partial charge in [-0.25, -0.2) is 4.79 Å². The van der Waals surface area contributed by atoms with E-state index in [1.165, 1.54) is 0 Å². The van der Waals surface area contributed by atoms with Crippen LogP contribution in [0.3, 0.4) is 0 Å². The van der Waals surface area contributed by atoms with Gasteiger partial charge in [0.15, 0.2) is 0 Å². The molecule has 0 heterocycles. The van der Waals surface area contributed by atoms with E-state index in [2.05, 4.69) is 4.74 Å². The van der Waals surface area contributed by atoms with E-state index in [1.807, 2.05) is 0 Å². The van der Waals surface area contributed by atoms with Crippen LogP contribution in [0.1, 0.15) is 27.2 Å². The highest BCUT2D eigenvalue weighted by Crippen LogP contribution is 2.65. The van der Waals surface area contributed by atoms with Crippen molar-refractivity contribution in [2.45, 2.75) is 86.3 Å². The van der Waals surface area contributed by atoms with Crippen LogP contribution in [0.15, 0.2) is 11.7 Å². The Labute approximate surface area is 207 Å². The largest absolute Gasteiger partial charge is 0.460 e. The average Bonchev–Trinajstić information content (AvgIpc) is 2.68. The molecular weight excluding hydrogens is 635 g/mol. The summed E-state index contributed by atoms with van der Waals surface area (Å²) in [4.78, 5) is 11.5. The zero-order valence-corrected chi connectivity index (χ0v) is 19.0. The van der Waals surface area contributed by atoms with Gasteiger partial charge >= 0.3 is 59.5 Å². The SMILES string of the molecule is CC(C)(C)OC(=O)C(CC(F)(F)C(F)(F)C(F)(F)C(F)(F)C(F)(F)C(F)(F)C(F)(F)C(F)(F)C(F)(F)F)=C(F)F. The molecule has 0 bridgehead atoms. The van der Waals surface area contributed by atoms with Crippen LogP contribution < -0.4 is 0 Å². The quantitative estimate of drug-likeness (QED) is 0.135. The summed E-state index contributed by atoms with van der Waals surface area (Å²) < 4.78 is 282. The maximum absolute atomic E-state index is 13.9. The Kier molecular flexibility index (Phi) is 9.37.